The molecule has 0 aliphatic heterocycles. The van der Waals surface area contributed by atoms with E-state index in [1.54, 1.807) is 13.2 Å². The Labute approximate surface area is 78.5 Å². The second-order valence-electron chi connectivity index (χ2n) is 3.20. The Kier molecular flexibility index (Phi) is 3.29. The Bertz CT molecular complexity index is 283. The van der Waals surface area contributed by atoms with Gasteiger partial charge in [-0.2, -0.15) is 0 Å². The molecule has 0 amide bonds. The third kappa shape index (κ3) is 2.20. The third-order valence-electron chi connectivity index (χ3n) is 2.34. The predicted molar refractivity (Wildman–Crippen MR) is 51.7 cm³/mol. The maximum absolute atomic E-state index is 12.8. The first kappa shape index (κ1) is 10.0. The predicted octanol–water partition coefficient (Wildman–Crippen LogP) is 3.35. The molecule has 1 unspecified atom stereocenters. The van der Waals surface area contributed by atoms with E-state index in [1.807, 2.05) is 0 Å². The number of hydrogen-bond acceptors (Lipinski definition) is 1. The van der Waals surface area contributed by atoms with E-state index in [2.05, 4.69) is 13.8 Å². The number of ether oxygens (including phenoxy) is 1. The molecular formula is C11H15FO. The summed E-state index contributed by atoms with van der Waals surface area (Å²) in [7, 11) is 1.57. The average Bonchev–Trinajstić information content (AvgIpc) is 2.16. The van der Waals surface area contributed by atoms with Gasteiger partial charge in [0, 0.05) is 6.07 Å². The van der Waals surface area contributed by atoms with Crippen LogP contribution in [0.1, 0.15) is 31.7 Å². The van der Waals surface area contributed by atoms with E-state index in [4.69, 9.17) is 4.74 Å². The van der Waals surface area contributed by atoms with Crippen LogP contribution in [-0.4, -0.2) is 7.11 Å². The molecule has 13 heavy (non-hydrogen) atoms. The number of rotatable bonds is 3. The first-order valence-electron chi connectivity index (χ1n) is 4.52. The lowest BCUT2D eigenvalue weighted by atomic mass is 9.98. The molecule has 0 fully saturated rings. The highest BCUT2D eigenvalue weighted by molar-refractivity contribution is 5.36. The maximum Gasteiger partial charge on any atom is 0.126 e. The molecule has 72 valence electrons. The summed E-state index contributed by atoms with van der Waals surface area (Å²) in [5.74, 6) is 0.814. The summed E-state index contributed by atoms with van der Waals surface area (Å²) in [6, 6.07) is 4.70. The van der Waals surface area contributed by atoms with Gasteiger partial charge in [0.15, 0.2) is 0 Å². The molecular weight excluding hydrogens is 167 g/mol. The molecule has 1 atom stereocenters. The fourth-order valence-corrected chi connectivity index (χ4v) is 1.31. The zero-order valence-electron chi connectivity index (χ0n) is 8.30. The smallest absolute Gasteiger partial charge is 0.126 e. The van der Waals surface area contributed by atoms with Crippen LogP contribution in [0.3, 0.4) is 0 Å². The maximum atomic E-state index is 12.8. The van der Waals surface area contributed by atoms with Crippen molar-refractivity contribution < 1.29 is 9.13 Å². The van der Waals surface area contributed by atoms with Crippen molar-refractivity contribution in [1.82, 2.24) is 0 Å². The molecule has 0 saturated carbocycles. The van der Waals surface area contributed by atoms with E-state index in [-0.39, 0.29) is 5.82 Å². The largest absolute Gasteiger partial charge is 0.496 e. The Morgan fingerprint density at radius 1 is 1.46 bits per heavy atom. The summed E-state index contributed by atoms with van der Waals surface area (Å²) in [5.41, 5.74) is 1.08. The molecule has 0 saturated heterocycles. The van der Waals surface area contributed by atoms with Gasteiger partial charge in [0.25, 0.3) is 0 Å². The topological polar surface area (TPSA) is 9.23 Å². The van der Waals surface area contributed by atoms with Crippen LogP contribution in [0.15, 0.2) is 18.2 Å². The Morgan fingerprint density at radius 3 is 2.69 bits per heavy atom. The van der Waals surface area contributed by atoms with Crippen LogP contribution in [0.5, 0.6) is 5.75 Å². The first-order valence-corrected chi connectivity index (χ1v) is 4.52. The molecule has 0 aromatic heterocycles. The highest BCUT2D eigenvalue weighted by Crippen LogP contribution is 2.28. The molecule has 0 aliphatic carbocycles. The normalized spacial score (nSPS) is 12.6. The van der Waals surface area contributed by atoms with Gasteiger partial charge in [0.05, 0.1) is 7.11 Å². The second-order valence-corrected chi connectivity index (χ2v) is 3.20. The average molecular weight is 182 g/mol. The van der Waals surface area contributed by atoms with Crippen molar-refractivity contribution in [1.29, 1.82) is 0 Å². The minimum atomic E-state index is -0.246. The quantitative estimate of drug-likeness (QED) is 0.696. The van der Waals surface area contributed by atoms with Crippen molar-refractivity contribution in [3.05, 3.63) is 29.6 Å². The zero-order valence-corrected chi connectivity index (χ0v) is 8.30. The first-order chi connectivity index (χ1) is 6.19. The number of halogens is 1. The molecule has 1 aromatic rings. The fraction of sp³-hybridized carbons (Fsp3) is 0.455. The summed E-state index contributed by atoms with van der Waals surface area (Å²) in [6.45, 7) is 4.21. The van der Waals surface area contributed by atoms with Gasteiger partial charge in [0.2, 0.25) is 0 Å². The van der Waals surface area contributed by atoms with Gasteiger partial charge < -0.3 is 4.74 Å². The van der Waals surface area contributed by atoms with Crippen molar-refractivity contribution in [2.75, 3.05) is 7.11 Å². The SMILES string of the molecule is CCC(C)c1ccc(F)cc1OC. The van der Waals surface area contributed by atoms with Crippen LogP contribution in [0.4, 0.5) is 4.39 Å². The third-order valence-corrected chi connectivity index (χ3v) is 2.34. The van der Waals surface area contributed by atoms with Gasteiger partial charge >= 0.3 is 0 Å². The van der Waals surface area contributed by atoms with E-state index >= 15 is 0 Å². The standard InChI is InChI=1S/C11H15FO/c1-4-8(2)10-6-5-9(12)7-11(10)13-3/h5-8H,4H2,1-3H3. The van der Waals surface area contributed by atoms with Gasteiger partial charge in [-0.15, -0.1) is 0 Å². The lowest BCUT2D eigenvalue weighted by Gasteiger charge is -2.13. The lowest BCUT2D eigenvalue weighted by Crippen LogP contribution is -1.96. The van der Waals surface area contributed by atoms with Crippen molar-refractivity contribution in [2.45, 2.75) is 26.2 Å². The Balaban J connectivity index is 3.05. The molecule has 0 spiro atoms. The van der Waals surface area contributed by atoms with Crippen LogP contribution in [0, 0.1) is 5.82 Å². The Morgan fingerprint density at radius 2 is 2.15 bits per heavy atom. The summed E-state index contributed by atoms with van der Waals surface area (Å²) in [5, 5.41) is 0. The summed E-state index contributed by atoms with van der Waals surface area (Å²) in [6.07, 6.45) is 1.03. The van der Waals surface area contributed by atoms with E-state index in [0.717, 1.165) is 12.0 Å². The van der Waals surface area contributed by atoms with Gasteiger partial charge in [-0.1, -0.05) is 19.9 Å². The highest BCUT2D eigenvalue weighted by atomic mass is 19.1. The van der Waals surface area contributed by atoms with Crippen LogP contribution < -0.4 is 4.74 Å². The van der Waals surface area contributed by atoms with Crippen molar-refractivity contribution in [3.63, 3.8) is 0 Å². The van der Waals surface area contributed by atoms with Crippen LogP contribution >= 0.6 is 0 Å². The monoisotopic (exact) mass is 182 g/mol. The molecule has 1 rings (SSSR count). The Hall–Kier alpha value is -1.05. The molecule has 0 heterocycles. The lowest BCUT2D eigenvalue weighted by molar-refractivity contribution is 0.402. The number of hydrogen-bond donors (Lipinski definition) is 0. The van der Waals surface area contributed by atoms with E-state index in [9.17, 15) is 4.39 Å². The zero-order chi connectivity index (χ0) is 9.84. The fourth-order valence-electron chi connectivity index (χ4n) is 1.31. The summed E-state index contributed by atoms with van der Waals surface area (Å²) < 4.78 is 17.9. The van der Waals surface area contributed by atoms with Crippen molar-refractivity contribution in [2.24, 2.45) is 0 Å². The molecule has 0 N–H and O–H groups in total. The van der Waals surface area contributed by atoms with Crippen molar-refractivity contribution in [3.8, 4) is 5.75 Å². The van der Waals surface area contributed by atoms with E-state index in [0.29, 0.717) is 11.7 Å². The molecule has 0 bridgehead atoms. The van der Waals surface area contributed by atoms with Crippen LogP contribution in [-0.2, 0) is 0 Å². The minimum absolute atomic E-state index is 0.246. The summed E-state index contributed by atoms with van der Waals surface area (Å²) >= 11 is 0. The van der Waals surface area contributed by atoms with Crippen molar-refractivity contribution >= 4 is 0 Å². The molecule has 0 radical (unpaired) electrons. The van der Waals surface area contributed by atoms with Gasteiger partial charge in [-0.25, -0.2) is 4.39 Å². The van der Waals surface area contributed by atoms with Gasteiger partial charge in [-0.05, 0) is 24.0 Å². The molecule has 1 aromatic carbocycles. The second kappa shape index (κ2) is 4.26. The molecule has 0 aliphatic rings. The number of methoxy groups -OCH3 is 1. The molecule has 2 heteroatoms. The van der Waals surface area contributed by atoms with E-state index in [1.165, 1.54) is 12.1 Å². The highest BCUT2D eigenvalue weighted by Gasteiger charge is 2.09. The van der Waals surface area contributed by atoms with E-state index < -0.39 is 0 Å². The number of benzene rings is 1. The van der Waals surface area contributed by atoms with Gasteiger partial charge in [0.1, 0.15) is 11.6 Å². The van der Waals surface area contributed by atoms with Crippen LogP contribution in [0.2, 0.25) is 0 Å². The van der Waals surface area contributed by atoms with Crippen LogP contribution in [0.25, 0.3) is 0 Å². The molecule has 1 nitrogen and oxygen atoms in total. The van der Waals surface area contributed by atoms with Gasteiger partial charge in [-0.3, -0.25) is 0 Å². The summed E-state index contributed by atoms with van der Waals surface area (Å²) in [4.78, 5) is 0. The minimum Gasteiger partial charge on any atom is -0.496 e.